The molecule has 0 spiro atoms. The molecule has 2 nitrogen and oxygen atoms in total. The van der Waals surface area contributed by atoms with E-state index in [0.717, 1.165) is 5.56 Å². The summed E-state index contributed by atoms with van der Waals surface area (Å²) >= 11 is 6.59. The van der Waals surface area contributed by atoms with Gasteiger partial charge in [-0.3, -0.25) is 0 Å². The van der Waals surface area contributed by atoms with Crippen LogP contribution in [0.4, 0.5) is 0 Å². The molecule has 0 aliphatic carbocycles. The molecular weight excluding hydrogens is 357 g/mol. The topological polar surface area (TPSA) is 46.2 Å². The maximum absolute atomic E-state index is 9.58. The monoisotopic (exact) mass is 371 g/mol. The van der Waals surface area contributed by atoms with Crippen LogP contribution in [-0.2, 0) is 0 Å². The van der Waals surface area contributed by atoms with Crippen molar-refractivity contribution in [1.82, 2.24) is 0 Å². The summed E-state index contributed by atoms with van der Waals surface area (Å²) in [5, 5.41) is 9.58. The average Bonchev–Trinajstić information content (AvgIpc) is 2.10. The molecule has 0 radical (unpaired) electrons. The Labute approximate surface area is 119 Å². The van der Waals surface area contributed by atoms with Gasteiger partial charge in [-0.1, -0.05) is 20.8 Å². The molecule has 0 saturated carbocycles. The number of phenols is 1. The van der Waals surface area contributed by atoms with E-state index in [1.165, 1.54) is 0 Å². The second-order valence-electron chi connectivity index (χ2n) is 4.68. The van der Waals surface area contributed by atoms with Crippen molar-refractivity contribution in [3.05, 3.63) is 26.6 Å². The Kier molecular flexibility index (Phi) is 5.80. The van der Waals surface area contributed by atoms with Crippen molar-refractivity contribution in [3.63, 3.8) is 0 Å². The van der Waals surface area contributed by atoms with Crippen molar-refractivity contribution in [1.29, 1.82) is 0 Å². The predicted molar refractivity (Wildman–Crippen MR) is 77.1 cm³/mol. The Hall–Kier alpha value is 0.230. The lowest BCUT2D eigenvalue weighted by atomic mass is 9.83. The van der Waals surface area contributed by atoms with Crippen molar-refractivity contribution in [3.8, 4) is 5.75 Å². The van der Waals surface area contributed by atoms with Gasteiger partial charge in [0.2, 0.25) is 0 Å². The first-order chi connectivity index (χ1) is 6.73. The maximum atomic E-state index is 9.58. The number of benzene rings is 1. The van der Waals surface area contributed by atoms with Crippen LogP contribution in [0.3, 0.4) is 0 Å². The van der Waals surface area contributed by atoms with Crippen molar-refractivity contribution in [2.45, 2.75) is 26.8 Å². The molecule has 16 heavy (non-hydrogen) atoms. The fourth-order valence-electron chi connectivity index (χ4n) is 1.26. The lowest BCUT2D eigenvalue weighted by Gasteiger charge is -2.27. The minimum atomic E-state index is -0.0642. The fraction of sp³-hybridized carbons (Fsp3) is 0.455. The quantitative estimate of drug-likeness (QED) is 0.767. The molecule has 5 heteroatoms. The van der Waals surface area contributed by atoms with Crippen molar-refractivity contribution in [2.24, 2.45) is 11.1 Å². The number of hydrogen-bond donors (Lipinski definition) is 2. The van der Waals surface area contributed by atoms with Crippen molar-refractivity contribution < 1.29 is 5.11 Å². The normalized spacial score (nSPS) is 13.1. The minimum absolute atomic E-state index is 0. The summed E-state index contributed by atoms with van der Waals surface area (Å²) in [6, 6.07) is 3.65. The highest BCUT2D eigenvalue weighted by Gasteiger charge is 2.23. The van der Waals surface area contributed by atoms with Gasteiger partial charge < -0.3 is 10.8 Å². The van der Waals surface area contributed by atoms with Gasteiger partial charge in [0.15, 0.2) is 0 Å². The third-order valence-corrected chi connectivity index (χ3v) is 3.54. The van der Waals surface area contributed by atoms with Gasteiger partial charge in [0.1, 0.15) is 5.75 Å². The van der Waals surface area contributed by atoms with Crippen LogP contribution in [0, 0.1) is 5.41 Å². The highest BCUT2D eigenvalue weighted by Crippen LogP contribution is 2.38. The molecule has 1 rings (SSSR count). The first-order valence-electron chi connectivity index (χ1n) is 4.67. The molecule has 0 amide bonds. The first-order valence-corrected chi connectivity index (χ1v) is 6.25. The van der Waals surface area contributed by atoms with E-state index < -0.39 is 0 Å². The summed E-state index contributed by atoms with van der Waals surface area (Å²) < 4.78 is 1.32. The molecule has 0 unspecified atom stereocenters. The van der Waals surface area contributed by atoms with Crippen molar-refractivity contribution >= 4 is 44.3 Å². The molecule has 1 aromatic carbocycles. The van der Waals surface area contributed by atoms with Gasteiger partial charge in [-0.05, 0) is 55.0 Å². The number of hydrogen-bond acceptors (Lipinski definition) is 2. The highest BCUT2D eigenvalue weighted by atomic mass is 79.9. The van der Waals surface area contributed by atoms with Gasteiger partial charge in [0.05, 0.1) is 8.95 Å². The summed E-state index contributed by atoms with van der Waals surface area (Å²) in [7, 11) is 0. The van der Waals surface area contributed by atoms with E-state index in [-0.39, 0.29) is 29.6 Å². The zero-order valence-electron chi connectivity index (χ0n) is 9.42. The molecule has 1 aromatic rings. The largest absolute Gasteiger partial charge is 0.506 e. The van der Waals surface area contributed by atoms with Crippen molar-refractivity contribution in [2.75, 3.05) is 0 Å². The van der Waals surface area contributed by atoms with Crippen LogP contribution >= 0.6 is 44.3 Å². The van der Waals surface area contributed by atoms with E-state index in [0.29, 0.717) is 8.95 Å². The van der Waals surface area contributed by atoms with Gasteiger partial charge in [-0.2, -0.15) is 0 Å². The third kappa shape index (κ3) is 3.62. The van der Waals surface area contributed by atoms with Crippen LogP contribution in [0.2, 0.25) is 0 Å². The molecule has 0 aliphatic rings. The Morgan fingerprint density at radius 3 is 1.88 bits per heavy atom. The SMILES string of the molecule is CC(C)(C)[C@@H](N)c1cc(Br)c(O)c(Br)c1.Cl. The van der Waals surface area contributed by atoms with Crippen LogP contribution in [0.25, 0.3) is 0 Å². The maximum Gasteiger partial charge on any atom is 0.143 e. The average molecular weight is 374 g/mol. The van der Waals surface area contributed by atoms with Crippen LogP contribution in [0.15, 0.2) is 21.1 Å². The van der Waals surface area contributed by atoms with Crippen LogP contribution < -0.4 is 5.73 Å². The zero-order chi connectivity index (χ0) is 11.8. The second-order valence-corrected chi connectivity index (χ2v) is 6.39. The summed E-state index contributed by atoms with van der Waals surface area (Å²) in [6.07, 6.45) is 0. The van der Waals surface area contributed by atoms with Gasteiger partial charge in [0.25, 0.3) is 0 Å². The molecule has 0 aromatic heterocycles. The van der Waals surface area contributed by atoms with Crippen LogP contribution in [0.5, 0.6) is 5.75 Å². The minimum Gasteiger partial charge on any atom is -0.506 e. The number of halogens is 3. The summed E-state index contributed by atoms with van der Waals surface area (Å²) in [6.45, 7) is 6.27. The van der Waals surface area contributed by atoms with E-state index in [1.54, 1.807) is 0 Å². The number of nitrogens with two attached hydrogens (primary N) is 1. The second kappa shape index (κ2) is 5.71. The van der Waals surface area contributed by atoms with Gasteiger partial charge >= 0.3 is 0 Å². The molecule has 0 fully saturated rings. The molecule has 0 saturated heterocycles. The van der Waals surface area contributed by atoms with E-state index in [2.05, 4.69) is 52.6 Å². The summed E-state index contributed by atoms with van der Waals surface area (Å²) in [4.78, 5) is 0. The lowest BCUT2D eigenvalue weighted by Crippen LogP contribution is -2.26. The molecule has 0 heterocycles. The molecule has 92 valence electrons. The Morgan fingerprint density at radius 1 is 1.19 bits per heavy atom. The lowest BCUT2D eigenvalue weighted by molar-refractivity contribution is 0.326. The molecule has 1 atom stereocenters. The highest BCUT2D eigenvalue weighted by molar-refractivity contribution is 9.11. The van der Waals surface area contributed by atoms with Crippen LogP contribution in [-0.4, -0.2) is 5.11 Å². The van der Waals surface area contributed by atoms with Gasteiger partial charge in [-0.25, -0.2) is 0 Å². The van der Waals surface area contributed by atoms with Gasteiger partial charge in [0, 0.05) is 6.04 Å². The molecular formula is C11H16Br2ClNO. The standard InChI is InChI=1S/C11H15Br2NO.ClH/c1-11(2,3)10(14)6-4-7(12)9(15)8(13)5-6;/h4-5,10,15H,14H2,1-3H3;1H/t10-;/m0./s1. The smallest absolute Gasteiger partial charge is 0.143 e. The predicted octanol–water partition coefficient (Wildman–Crippen LogP) is 4.38. The van der Waals surface area contributed by atoms with E-state index in [1.807, 2.05) is 12.1 Å². The fourth-order valence-corrected chi connectivity index (χ4v) is 2.49. The third-order valence-electron chi connectivity index (χ3n) is 2.33. The summed E-state index contributed by atoms with van der Waals surface area (Å²) in [5.74, 6) is 0.208. The Balaban J connectivity index is 0.00000225. The summed E-state index contributed by atoms with van der Waals surface area (Å²) in [5.41, 5.74) is 7.13. The number of phenolic OH excluding ortho intramolecular Hbond substituents is 1. The van der Waals surface area contributed by atoms with E-state index in [9.17, 15) is 5.11 Å². The molecule has 3 N–H and O–H groups in total. The van der Waals surface area contributed by atoms with E-state index >= 15 is 0 Å². The Bertz CT molecular complexity index is 354. The van der Waals surface area contributed by atoms with Crippen LogP contribution in [0.1, 0.15) is 32.4 Å². The first kappa shape index (κ1) is 16.2. The molecule has 0 bridgehead atoms. The van der Waals surface area contributed by atoms with Gasteiger partial charge in [-0.15, -0.1) is 12.4 Å². The zero-order valence-corrected chi connectivity index (χ0v) is 13.4. The Morgan fingerprint density at radius 2 is 1.56 bits per heavy atom. The molecule has 0 aliphatic heterocycles. The number of aromatic hydroxyl groups is 1. The van der Waals surface area contributed by atoms with E-state index in [4.69, 9.17) is 5.73 Å². The number of rotatable bonds is 1.